The highest BCUT2D eigenvalue weighted by Gasteiger charge is 2.34. The second-order valence-corrected chi connectivity index (χ2v) is 11.6. The molecule has 0 spiro atoms. The maximum absolute atomic E-state index is 14.8. The first-order chi connectivity index (χ1) is 24.8. The summed E-state index contributed by atoms with van der Waals surface area (Å²) in [5, 5.41) is 20.1. The molecular formula is C38H10F10N4. The summed E-state index contributed by atoms with van der Waals surface area (Å²) in [5.74, 6) is -21.7. The summed E-state index contributed by atoms with van der Waals surface area (Å²) >= 11 is 0. The van der Waals surface area contributed by atoms with E-state index < -0.39 is 91.8 Å². The molecule has 5 aromatic carbocycles. The van der Waals surface area contributed by atoms with Crippen LogP contribution in [0.15, 0.2) is 36.4 Å². The Labute approximate surface area is 285 Å². The van der Waals surface area contributed by atoms with Gasteiger partial charge in [-0.05, 0) is 85.8 Å². The molecule has 0 saturated carbocycles. The highest BCUT2D eigenvalue weighted by atomic mass is 19.2. The van der Waals surface area contributed by atoms with Crippen molar-refractivity contribution in [1.29, 1.82) is 10.5 Å². The van der Waals surface area contributed by atoms with Gasteiger partial charge in [0, 0.05) is 5.22 Å². The average Bonchev–Trinajstić information content (AvgIpc) is 3.71. The molecule has 2 aliphatic carbocycles. The van der Waals surface area contributed by atoms with Crippen molar-refractivity contribution < 1.29 is 43.9 Å². The molecule has 0 unspecified atom stereocenters. The van der Waals surface area contributed by atoms with Crippen molar-refractivity contribution in [3.8, 4) is 56.6 Å². The second-order valence-electron chi connectivity index (χ2n) is 11.6. The number of nitriles is 2. The van der Waals surface area contributed by atoms with E-state index in [4.69, 9.17) is 13.1 Å². The summed E-state index contributed by atoms with van der Waals surface area (Å²) in [6.45, 7) is 15.5. The van der Waals surface area contributed by atoms with Gasteiger partial charge < -0.3 is 0 Å². The van der Waals surface area contributed by atoms with E-state index in [2.05, 4.69) is 9.69 Å². The van der Waals surface area contributed by atoms with E-state index in [1.165, 1.54) is 12.1 Å². The van der Waals surface area contributed by atoms with Crippen LogP contribution in [0.4, 0.5) is 43.9 Å². The zero-order chi connectivity index (χ0) is 37.5. The van der Waals surface area contributed by atoms with E-state index in [0.29, 0.717) is 0 Å². The lowest BCUT2D eigenvalue weighted by Crippen LogP contribution is -2.25. The number of rotatable bonds is 2. The van der Waals surface area contributed by atoms with E-state index in [0.717, 1.165) is 24.3 Å². The van der Waals surface area contributed by atoms with Crippen LogP contribution in [0.2, 0.25) is 0 Å². The molecule has 0 fully saturated rings. The lowest BCUT2D eigenvalue weighted by atomic mass is 9.90. The molecule has 0 radical (unpaired) electrons. The monoisotopic (exact) mass is 712 g/mol. The lowest BCUT2D eigenvalue weighted by molar-refractivity contribution is 0.381. The molecule has 2 aliphatic rings. The van der Waals surface area contributed by atoms with Gasteiger partial charge in [0.2, 0.25) is 11.6 Å². The molecule has 0 heterocycles. The Morgan fingerprint density at radius 1 is 0.481 bits per heavy atom. The zero-order valence-corrected chi connectivity index (χ0v) is 25.4. The highest BCUT2D eigenvalue weighted by molar-refractivity contribution is 5.94. The first-order valence-electron chi connectivity index (χ1n) is 14.6. The fourth-order valence-electron chi connectivity index (χ4n) is 6.98. The molecule has 4 nitrogen and oxygen atoms in total. The predicted octanol–water partition coefficient (Wildman–Crippen LogP) is 8.66. The average molecular weight is 713 g/mol. The SMILES string of the molecule is [C-]#[N+]C(C#N)=c1c2c(c(=C(C#N)[N+]#[C-])c3c1Cc1cc(-c4c(F)c(F)c(F)c(F)c4F)ccc1-3)-c1ccc(-c3c(F)c(F)c(F)c(F)c3F)cc1C2. The minimum Gasteiger partial charge on any atom is -0.226 e. The second kappa shape index (κ2) is 11.9. The van der Waals surface area contributed by atoms with Crippen molar-refractivity contribution in [2.75, 3.05) is 0 Å². The van der Waals surface area contributed by atoms with Crippen molar-refractivity contribution in [3.05, 3.63) is 150 Å². The third-order valence-electron chi connectivity index (χ3n) is 9.10. The normalized spacial score (nSPS) is 11.8. The Kier molecular flexibility index (Phi) is 7.66. The third-order valence-corrected chi connectivity index (χ3v) is 9.10. The summed E-state index contributed by atoms with van der Waals surface area (Å²) in [7, 11) is 0. The minimum atomic E-state index is -2.35. The molecular weight excluding hydrogens is 702 g/mol. The Hall–Kier alpha value is -6.90. The highest BCUT2D eigenvalue weighted by Crippen LogP contribution is 2.44. The van der Waals surface area contributed by atoms with Crippen LogP contribution in [0.3, 0.4) is 0 Å². The standard InChI is InChI=1S/C38H10F10N4/c1-51-21(11-49)25-19-9-15-7-13(23-29(39)33(43)37(47)34(44)30(23)40)3-5-17(15)26(19)28(22(12-50)52-2)27-18-6-4-14(8-16(18)10-20(25)27)24-31(41)35(45)38(48)36(46)32(24)42/h3-8H,9-10H2. The quantitative estimate of drug-likeness (QED) is 0.0780. The smallest absolute Gasteiger partial charge is 0.226 e. The Morgan fingerprint density at radius 3 is 1.13 bits per heavy atom. The predicted molar refractivity (Wildman–Crippen MR) is 164 cm³/mol. The topological polar surface area (TPSA) is 56.3 Å². The van der Waals surface area contributed by atoms with Gasteiger partial charge >= 0.3 is 0 Å². The van der Waals surface area contributed by atoms with Gasteiger partial charge in [-0.25, -0.2) is 64.1 Å². The summed E-state index contributed by atoms with van der Waals surface area (Å²) in [4.78, 5) is 6.70. The zero-order valence-electron chi connectivity index (χ0n) is 25.4. The van der Waals surface area contributed by atoms with Crippen molar-refractivity contribution in [2.45, 2.75) is 12.8 Å². The van der Waals surface area contributed by atoms with Crippen LogP contribution in [-0.4, -0.2) is 0 Å². The van der Waals surface area contributed by atoms with Crippen molar-refractivity contribution in [2.24, 2.45) is 0 Å². The third kappa shape index (κ3) is 4.44. The van der Waals surface area contributed by atoms with Gasteiger partial charge in [0.15, 0.2) is 46.5 Å². The Morgan fingerprint density at radius 2 is 0.808 bits per heavy atom. The molecule has 5 aromatic rings. The van der Waals surface area contributed by atoms with Crippen LogP contribution in [0.1, 0.15) is 22.3 Å². The fourth-order valence-corrected chi connectivity index (χ4v) is 6.98. The Bertz CT molecular complexity index is 2610. The van der Waals surface area contributed by atoms with Crippen molar-refractivity contribution >= 4 is 11.4 Å². The maximum atomic E-state index is 14.8. The van der Waals surface area contributed by atoms with Crippen LogP contribution in [0.25, 0.3) is 65.6 Å². The molecule has 0 bridgehead atoms. The van der Waals surface area contributed by atoms with Crippen LogP contribution < -0.4 is 10.4 Å². The Balaban J connectivity index is 1.56. The number of halogens is 10. The van der Waals surface area contributed by atoms with E-state index in [1.807, 2.05) is 0 Å². The molecule has 0 N–H and O–H groups in total. The fraction of sp³-hybridized carbons (Fsp3) is 0.0526. The largest absolute Gasteiger partial charge is 0.270 e. The number of benzene rings is 5. The number of fused-ring (bicyclic) bond motifs is 6. The molecule has 0 atom stereocenters. The molecule has 7 rings (SSSR count). The minimum absolute atomic E-state index is 0.0148. The summed E-state index contributed by atoms with van der Waals surface area (Å²) < 4.78 is 143. The van der Waals surface area contributed by atoms with Crippen LogP contribution in [0, 0.1) is 94.0 Å². The van der Waals surface area contributed by atoms with Gasteiger partial charge in [-0.2, -0.15) is 0 Å². The van der Waals surface area contributed by atoms with E-state index in [-0.39, 0.29) is 67.8 Å². The first-order valence-corrected chi connectivity index (χ1v) is 14.6. The van der Waals surface area contributed by atoms with Crippen molar-refractivity contribution in [1.82, 2.24) is 0 Å². The van der Waals surface area contributed by atoms with Gasteiger partial charge in [0.05, 0.1) is 36.4 Å². The van der Waals surface area contributed by atoms with E-state index >= 15 is 0 Å². The molecule has 0 saturated heterocycles. The number of hydrogen-bond donors (Lipinski definition) is 0. The number of nitrogens with zero attached hydrogens (tertiary/aromatic N) is 4. The van der Waals surface area contributed by atoms with Gasteiger partial charge in [-0.15, -0.1) is 0 Å². The molecule has 0 amide bonds. The maximum Gasteiger partial charge on any atom is 0.270 e. The van der Waals surface area contributed by atoms with E-state index in [9.17, 15) is 54.4 Å². The van der Waals surface area contributed by atoms with Gasteiger partial charge in [0.25, 0.3) is 11.4 Å². The van der Waals surface area contributed by atoms with Crippen LogP contribution in [-0.2, 0) is 12.8 Å². The van der Waals surface area contributed by atoms with Crippen LogP contribution >= 0.6 is 0 Å². The molecule has 252 valence electrons. The summed E-state index contributed by atoms with van der Waals surface area (Å²) in [5.41, 5.74) is -2.63. The van der Waals surface area contributed by atoms with Crippen LogP contribution in [0.5, 0.6) is 0 Å². The molecule has 14 heteroatoms. The summed E-state index contributed by atoms with van der Waals surface area (Å²) in [6.07, 6.45) is -0.430. The molecule has 52 heavy (non-hydrogen) atoms. The molecule has 0 aliphatic heterocycles. The van der Waals surface area contributed by atoms with E-state index in [1.54, 1.807) is 12.1 Å². The van der Waals surface area contributed by atoms with Crippen molar-refractivity contribution in [3.63, 3.8) is 0 Å². The lowest BCUT2D eigenvalue weighted by Gasteiger charge is -2.14. The summed E-state index contributed by atoms with van der Waals surface area (Å²) in [6, 6.07) is 10.5. The first kappa shape index (κ1) is 33.6. The van der Waals surface area contributed by atoms with Gasteiger partial charge in [0.1, 0.15) is 0 Å². The number of hydrogen-bond acceptors (Lipinski definition) is 2. The van der Waals surface area contributed by atoms with Gasteiger partial charge in [-0.1, -0.05) is 24.3 Å². The molecule has 0 aromatic heterocycles. The van der Waals surface area contributed by atoms with Gasteiger partial charge in [-0.3, -0.25) is 0 Å².